The van der Waals surface area contributed by atoms with Crippen LogP contribution in [0.2, 0.25) is 0 Å². The zero-order valence-electron chi connectivity index (χ0n) is 18.3. The lowest BCUT2D eigenvalue weighted by molar-refractivity contribution is -0.138. The van der Waals surface area contributed by atoms with E-state index in [1.807, 2.05) is 0 Å². The Bertz CT molecular complexity index is 1000. The number of aromatic amines is 1. The molecule has 31 heavy (non-hydrogen) atoms. The van der Waals surface area contributed by atoms with Gasteiger partial charge in [0.25, 0.3) is 0 Å². The summed E-state index contributed by atoms with van der Waals surface area (Å²) < 4.78 is 0. The fraction of sp³-hybridized carbons (Fsp3) is 0.444. The number of H-pyrrole nitrogens is 1. The van der Waals surface area contributed by atoms with E-state index < -0.39 is 0 Å². The monoisotopic (exact) mass is 415 g/mol. The number of fused-ring (bicyclic) bond motifs is 1. The van der Waals surface area contributed by atoms with Gasteiger partial charge in [-0.3, -0.25) is 9.69 Å². The number of rotatable bonds is 5. The van der Waals surface area contributed by atoms with Crippen molar-refractivity contribution in [2.75, 3.05) is 26.2 Å². The Hall–Kier alpha value is -2.59. The molecule has 0 aliphatic carbocycles. The van der Waals surface area contributed by atoms with Gasteiger partial charge in [-0.25, -0.2) is 0 Å². The van der Waals surface area contributed by atoms with E-state index in [4.69, 9.17) is 0 Å². The summed E-state index contributed by atoms with van der Waals surface area (Å²) in [7, 11) is 0. The fourth-order valence-electron chi connectivity index (χ4n) is 5.47. The van der Waals surface area contributed by atoms with E-state index in [1.165, 1.54) is 22.0 Å². The minimum Gasteiger partial charge on any atom is -0.361 e. The van der Waals surface area contributed by atoms with Crippen molar-refractivity contribution in [2.45, 2.75) is 38.6 Å². The molecule has 5 rings (SSSR count). The maximum absolute atomic E-state index is 13.3. The number of hydrogen-bond donors (Lipinski definition) is 1. The molecule has 4 nitrogen and oxygen atoms in total. The Balaban J connectivity index is 1.15. The lowest BCUT2D eigenvalue weighted by Gasteiger charge is -2.38. The standard InChI is InChI=1S/C27H33N3O/c31-27(30-15-12-22(13-16-30)17-21-7-2-1-3-8-21)23-9-6-14-29(19-23)20-24-18-28-26-11-5-4-10-25(24)26/h1-5,7-8,10-11,18,22-23,28H,6,9,12-17,19-20H2. The van der Waals surface area contributed by atoms with Crippen molar-refractivity contribution in [1.29, 1.82) is 0 Å². The van der Waals surface area contributed by atoms with Crippen LogP contribution in [0.3, 0.4) is 0 Å². The highest BCUT2D eigenvalue weighted by atomic mass is 16.2. The number of piperidine rings is 2. The van der Waals surface area contributed by atoms with Crippen molar-refractivity contribution in [2.24, 2.45) is 11.8 Å². The number of aromatic nitrogens is 1. The van der Waals surface area contributed by atoms with Crippen LogP contribution in [0.4, 0.5) is 0 Å². The zero-order chi connectivity index (χ0) is 21.0. The average Bonchev–Trinajstić information content (AvgIpc) is 3.23. The van der Waals surface area contributed by atoms with Gasteiger partial charge < -0.3 is 9.88 Å². The number of hydrogen-bond acceptors (Lipinski definition) is 2. The molecular weight excluding hydrogens is 382 g/mol. The lowest BCUT2D eigenvalue weighted by Crippen LogP contribution is -2.47. The topological polar surface area (TPSA) is 39.3 Å². The lowest BCUT2D eigenvalue weighted by atomic mass is 9.89. The highest BCUT2D eigenvalue weighted by Gasteiger charge is 2.31. The number of para-hydroxylation sites is 1. The third-order valence-corrected chi connectivity index (χ3v) is 7.22. The van der Waals surface area contributed by atoms with Gasteiger partial charge in [0.1, 0.15) is 0 Å². The van der Waals surface area contributed by atoms with E-state index in [0.717, 1.165) is 64.8 Å². The van der Waals surface area contributed by atoms with Gasteiger partial charge in [-0.1, -0.05) is 48.5 Å². The number of nitrogens with one attached hydrogen (secondary N) is 1. The molecule has 4 heteroatoms. The quantitative estimate of drug-likeness (QED) is 0.646. The van der Waals surface area contributed by atoms with Crippen molar-refractivity contribution in [3.8, 4) is 0 Å². The predicted octanol–water partition coefficient (Wildman–Crippen LogP) is 4.86. The molecule has 1 aromatic heterocycles. The smallest absolute Gasteiger partial charge is 0.226 e. The summed E-state index contributed by atoms with van der Waals surface area (Å²) in [5, 5.41) is 1.30. The fourth-order valence-corrected chi connectivity index (χ4v) is 5.47. The summed E-state index contributed by atoms with van der Waals surface area (Å²) in [6, 6.07) is 19.3. The zero-order valence-corrected chi connectivity index (χ0v) is 18.3. The van der Waals surface area contributed by atoms with Crippen molar-refractivity contribution in [3.05, 3.63) is 71.9 Å². The minimum absolute atomic E-state index is 0.157. The molecule has 2 aromatic carbocycles. The van der Waals surface area contributed by atoms with Gasteiger partial charge in [0.2, 0.25) is 5.91 Å². The first-order valence-electron chi connectivity index (χ1n) is 11.9. The predicted molar refractivity (Wildman–Crippen MR) is 126 cm³/mol. The summed E-state index contributed by atoms with van der Waals surface area (Å²) in [5.41, 5.74) is 3.96. The number of benzene rings is 2. The van der Waals surface area contributed by atoms with E-state index in [1.54, 1.807) is 0 Å². The van der Waals surface area contributed by atoms with E-state index in [9.17, 15) is 4.79 Å². The molecule has 1 atom stereocenters. The maximum Gasteiger partial charge on any atom is 0.226 e. The summed E-state index contributed by atoms with van der Waals surface area (Å²) in [5.74, 6) is 1.25. The molecule has 1 unspecified atom stereocenters. The van der Waals surface area contributed by atoms with Gasteiger partial charge in [0.15, 0.2) is 0 Å². The second-order valence-corrected chi connectivity index (χ2v) is 9.39. The van der Waals surface area contributed by atoms with E-state index in [-0.39, 0.29) is 5.92 Å². The number of likely N-dealkylation sites (tertiary alicyclic amines) is 2. The minimum atomic E-state index is 0.157. The SMILES string of the molecule is O=C(C1CCCN(Cc2c[nH]c3ccccc23)C1)N1CCC(Cc2ccccc2)CC1. The second kappa shape index (κ2) is 9.27. The Kier molecular flexibility index (Phi) is 6.08. The Morgan fingerprint density at radius 2 is 1.71 bits per heavy atom. The van der Waals surface area contributed by atoms with Gasteiger partial charge >= 0.3 is 0 Å². The van der Waals surface area contributed by atoms with Crippen LogP contribution in [0.25, 0.3) is 10.9 Å². The van der Waals surface area contributed by atoms with Gasteiger partial charge in [-0.15, -0.1) is 0 Å². The van der Waals surface area contributed by atoms with Crippen LogP contribution in [0.5, 0.6) is 0 Å². The molecule has 1 amide bonds. The summed E-state index contributed by atoms with van der Waals surface area (Å²) in [6.45, 7) is 4.75. The Morgan fingerprint density at radius 3 is 2.55 bits per heavy atom. The Morgan fingerprint density at radius 1 is 0.935 bits per heavy atom. The summed E-state index contributed by atoms with van der Waals surface area (Å²) in [4.78, 5) is 21.3. The second-order valence-electron chi connectivity index (χ2n) is 9.39. The van der Waals surface area contributed by atoms with Crippen molar-refractivity contribution >= 4 is 16.8 Å². The number of nitrogens with zero attached hydrogens (tertiary/aromatic N) is 2. The number of carbonyl (C=O) groups excluding carboxylic acids is 1. The molecule has 3 aromatic rings. The highest BCUT2D eigenvalue weighted by Crippen LogP contribution is 2.27. The van der Waals surface area contributed by atoms with Crippen LogP contribution < -0.4 is 0 Å². The van der Waals surface area contributed by atoms with Crippen LogP contribution >= 0.6 is 0 Å². The molecule has 0 radical (unpaired) electrons. The normalized spacial score (nSPS) is 20.9. The third kappa shape index (κ3) is 4.69. The van der Waals surface area contributed by atoms with Crippen molar-refractivity contribution in [3.63, 3.8) is 0 Å². The molecule has 0 spiro atoms. The molecule has 2 aliphatic rings. The van der Waals surface area contributed by atoms with Crippen LogP contribution in [-0.4, -0.2) is 46.9 Å². The molecular formula is C27H33N3O. The highest BCUT2D eigenvalue weighted by molar-refractivity contribution is 5.83. The number of amides is 1. The van der Waals surface area contributed by atoms with E-state index >= 15 is 0 Å². The van der Waals surface area contributed by atoms with Gasteiger partial charge in [0.05, 0.1) is 5.92 Å². The molecule has 0 bridgehead atoms. The molecule has 3 heterocycles. The molecule has 2 aliphatic heterocycles. The van der Waals surface area contributed by atoms with Gasteiger partial charge in [-0.2, -0.15) is 0 Å². The molecule has 1 N–H and O–H groups in total. The van der Waals surface area contributed by atoms with Gasteiger partial charge in [-0.05, 0) is 61.8 Å². The van der Waals surface area contributed by atoms with E-state index in [0.29, 0.717) is 11.8 Å². The van der Waals surface area contributed by atoms with Crippen molar-refractivity contribution < 1.29 is 4.79 Å². The molecule has 2 saturated heterocycles. The molecule has 0 saturated carbocycles. The van der Waals surface area contributed by atoms with Crippen LogP contribution in [-0.2, 0) is 17.8 Å². The van der Waals surface area contributed by atoms with Crippen LogP contribution in [0.1, 0.15) is 36.8 Å². The van der Waals surface area contributed by atoms with Crippen LogP contribution in [0, 0.1) is 11.8 Å². The number of carbonyl (C=O) groups is 1. The summed E-state index contributed by atoms with van der Waals surface area (Å²) in [6.07, 6.45) is 7.69. The Labute approximate surface area is 185 Å². The van der Waals surface area contributed by atoms with Crippen molar-refractivity contribution in [1.82, 2.24) is 14.8 Å². The van der Waals surface area contributed by atoms with Crippen LogP contribution in [0.15, 0.2) is 60.8 Å². The maximum atomic E-state index is 13.3. The molecule has 162 valence electrons. The first-order chi connectivity index (χ1) is 15.3. The molecule has 2 fully saturated rings. The first kappa shape index (κ1) is 20.3. The van der Waals surface area contributed by atoms with Gasteiger partial charge in [0, 0.05) is 43.3 Å². The summed E-state index contributed by atoms with van der Waals surface area (Å²) >= 11 is 0. The first-order valence-corrected chi connectivity index (χ1v) is 11.9. The van der Waals surface area contributed by atoms with E-state index in [2.05, 4.69) is 75.6 Å². The largest absolute Gasteiger partial charge is 0.361 e. The third-order valence-electron chi connectivity index (χ3n) is 7.22. The average molecular weight is 416 g/mol.